The summed E-state index contributed by atoms with van der Waals surface area (Å²) in [5, 5.41) is 6.82. The van der Waals surface area contributed by atoms with Gasteiger partial charge in [-0.3, -0.25) is 0 Å². The van der Waals surface area contributed by atoms with Crippen LogP contribution in [0.25, 0.3) is 0 Å². The van der Waals surface area contributed by atoms with E-state index in [9.17, 15) is 0 Å². The van der Waals surface area contributed by atoms with Crippen LogP contribution in [-0.2, 0) is 19.4 Å². The molecule has 0 aliphatic carbocycles. The molecule has 0 amide bonds. The Morgan fingerprint density at radius 3 is 2.95 bits per heavy atom. The number of hydrogen-bond donors (Lipinski definition) is 2. The Kier molecular flexibility index (Phi) is 4.15. The fraction of sp³-hybridized carbons (Fsp3) is 0.412. The van der Waals surface area contributed by atoms with E-state index in [0.717, 1.165) is 44.0 Å². The van der Waals surface area contributed by atoms with Gasteiger partial charge < -0.3 is 10.6 Å². The zero-order valence-corrected chi connectivity index (χ0v) is 12.7. The van der Waals surface area contributed by atoms with Gasteiger partial charge in [0.1, 0.15) is 12.1 Å². The van der Waals surface area contributed by atoms with Crippen LogP contribution in [0.4, 0.5) is 5.82 Å². The summed E-state index contributed by atoms with van der Waals surface area (Å²) >= 11 is 0. The molecule has 110 valence electrons. The van der Waals surface area contributed by atoms with Crippen molar-refractivity contribution in [3.63, 3.8) is 0 Å². The first-order valence-electron chi connectivity index (χ1n) is 7.57. The van der Waals surface area contributed by atoms with Crippen molar-refractivity contribution in [1.82, 2.24) is 15.3 Å². The van der Waals surface area contributed by atoms with E-state index < -0.39 is 0 Å². The highest BCUT2D eigenvalue weighted by Gasteiger charge is 2.14. The standard InChI is InChI=1S/C17H22N4/c1-12-3-4-14(9-13(12)2)5-8-19-17-15-6-7-18-10-16(15)20-11-21-17/h3-4,9,11,18H,5-8,10H2,1-2H3,(H,19,20,21). The Hall–Kier alpha value is -1.94. The van der Waals surface area contributed by atoms with Crippen LogP contribution >= 0.6 is 0 Å². The van der Waals surface area contributed by atoms with Crippen LogP contribution < -0.4 is 10.6 Å². The van der Waals surface area contributed by atoms with Crippen molar-refractivity contribution in [3.8, 4) is 0 Å². The maximum absolute atomic E-state index is 4.40. The molecular weight excluding hydrogens is 260 g/mol. The van der Waals surface area contributed by atoms with E-state index in [1.54, 1.807) is 6.33 Å². The number of benzene rings is 1. The molecule has 1 aliphatic rings. The minimum absolute atomic E-state index is 0.851. The van der Waals surface area contributed by atoms with Crippen LogP contribution in [-0.4, -0.2) is 23.1 Å². The molecule has 3 rings (SSSR count). The van der Waals surface area contributed by atoms with Gasteiger partial charge in [0.2, 0.25) is 0 Å². The van der Waals surface area contributed by atoms with Crippen LogP contribution in [0.5, 0.6) is 0 Å². The summed E-state index contributed by atoms with van der Waals surface area (Å²) in [6.45, 7) is 7.08. The van der Waals surface area contributed by atoms with Gasteiger partial charge >= 0.3 is 0 Å². The molecule has 0 unspecified atom stereocenters. The topological polar surface area (TPSA) is 49.8 Å². The van der Waals surface area contributed by atoms with Crippen molar-refractivity contribution in [2.24, 2.45) is 0 Å². The quantitative estimate of drug-likeness (QED) is 0.904. The Morgan fingerprint density at radius 1 is 1.19 bits per heavy atom. The zero-order valence-electron chi connectivity index (χ0n) is 12.7. The minimum atomic E-state index is 0.851. The maximum Gasteiger partial charge on any atom is 0.132 e. The summed E-state index contributed by atoms with van der Waals surface area (Å²) in [7, 11) is 0. The normalized spacial score (nSPS) is 13.8. The predicted octanol–water partition coefficient (Wildman–Crippen LogP) is 2.39. The molecule has 0 fully saturated rings. The second-order valence-corrected chi connectivity index (χ2v) is 5.67. The van der Waals surface area contributed by atoms with Crippen LogP contribution in [0.3, 0.4) is 0 Å². The number of nitrogens with zero attached hydrogens (tertiary/aromatic N) is 2. The Morgan fingerprint density at radius 2 is 2.10 bits per heavy atom. The lowest BCUT2D eigenvalue weighted by Gasteiger charge is -2.19. The maximum atomic E-state index is 4.40. The Balaban J connectivity index is 1.64. The van der Waals surface area contributed by atoms with Gasteiger partial charge in [0.15, 0.2) is 0 Å². The molecule has 1 aliphatic heterocycles. The number of fused-ring (bicyclic) bond motifs is 1. The molecule has 1 aromatic heterocycles. The molecule has 4 heteroatoms. The van der Waals surface area contributed by atoms with E-state index in [0.29, 0.717) is 0 Å². The molecule has 0 saturated heterocycles. The van der Waals surface area contributed by atoms with E-state index in [1.807, 2.05) is 0 Å². The molecule has 1 aromatic carbocycles. The lowest BCUT2D eigenvalue weighted by molar-refractivity contribution is 0.624. The third-order valence-corrected chi connectivity index (χ3v) is 4.16. The molecule has 21 heavy (non-hydrogen) atoms. The second kappa shape index (κ2) is 6.22. The monoisotopic (exact) mass is 282 g/mol. The second-order valence-electron chi connectivity index (χ2n) is 5.67. The van der Waals surface area contributed by atoms with Crippen molar-refractivity contribution in [2.45, 2.75) is 33.2 Å². The van der Waals surface area contributed by atoms with Crippen molar-refractivity contribution in [1.29, 1.82) is 0 Å². The summed E-state index contributed by atoms with van der Waals surface area (Å²) in [4.78, 5) is 8.76. The number of nitrogens with one attached hydrogen (secondary N) is 2. The largest absolute Gasteiger partial charge is 0.369 e. The SMILES string of the molecule is Cc1ccc(CCNc2ncnc3c2CCNC3)cc1C. The Bertz CT molecular complexity index is 637. The molecular formula is C17H22N4. The summed E-state index contributed by atoms with van der Waals surface area (Å²) in [5.41, 5.74) is 6.48. The van der Waals surface area contributed by atoms with E-state index >= 15 is 0 Å². The van der Waals surface area contributed by atoms with Gasteiger partial charge in [-0.15, -0.1) is 0 Å². The first-order chi connectivity index (χ1) is 10.2. The molecule has 4 nitrogen and oxygen atoms in total. The molecule has 0 bridgehead atoms. The molecule has 0 radical (unpaired) electrons. The van der Waals surface area contributed by atoms with Crippen molar-refractivity contribution >= 4 is 5.82 Å². The number of hydrogen-bond acceptors (Lipinski definition) is 4. The predicted molar refractivity (Wildman–Crippen MR) is 85.6 cm³/mol. The van der Waals surface area contributed by atoms with Crippen LogP contribution in [0, 0.1) is 13.8 Å². The number of aryl methyl sites for hydroxylation is 2. The highest BCUT2D eigenvalue weighted by Crippen LogP contribution is 2.18. The summed E-state index contributed by atoms with van der Waals surface area (Å²) < 4.78 is 0. The highest BCUT2D eigenvalue weighted by molar-refractivity contribution is 5.47. The molecule has 2 N–H and O–H groups in total. The van der Waals surface area contributed by atoms with Crippen LogP contribution in [0.2, 0.25) is 0 Å². The first kappa shape index (κ1) is 14.0. The summed E-state index contributed by atoms with van der Waals surface area (Å²) in [5.74, 6) is 1.00. The Labute approximate surface area is 126 Å². The van der Waals surface area contributed by atoms with Crippen LogP contribution in [0.15, 0.2) is 24.5 Å². The van der Waals surface area contributed by atoms with Gasteiger partial charge in [0.25, 0.3) is 0 Å². The van der Waals surface area contributed by atoms with Gasteiger partial charge in [-0.2, -0.15) is 0 Å². The molecule has 2 aromatic rings. The molecule has 0 atom stereocenters. The number of anilines is 1. The first-order valence-corrected chi connectivity index (χ1v) is 7.57. The van der Waals surface area contributed by atoms with Crippen molar-refractivity contribution in [3.05, 3.63) is 52.5 Å². The van der Waals surface area contributed by atoms with E-state index in [4.69, 9.17) is 0 Å². The lowest BCUT2D eigenvalue weighted by atomic mass is 10.0. The lowest BCUT2D eigenvalue weighted by Crippen LogP contribution is -2.26. The minimum Gasteiger partial charge on any atom is -0.369 e. The van der Waals surface area contributed by atoms with E-state index in [1.165, 1.54) is 22.3 Å². The number of aromatic nitrogens is 2. The van der Waals surface area contributed by atoms with Crippen molar-refractivity contribution in [2.75, 3.05) is 18.4 Å². The zero-order chi connectivity index (χ0) is 14.7. The summed E-state index contributed by atoms with van der Waals surface area (Å²) in [6.07, 6.45) is 3.67. The van der Waals surface area contributed by atoms with Gasteiger partial charge in [-0.05, 0) is 49.9 Å². The average molecular weight is 282 g/mol. The van der Waals surface area contributed by atoms with E-state index in [-0.39, 0.29) is 0 Å². The van der Waals surface area contributed by atoms with Gasteiger partial charge in [-0.1, -0.05) is 18.2 Å². The van der Waals surface area contributed by atoms with Crippen molar-refractivity contribution < 1.29 is 0 Å². The third-order valence-electron chi connectivity index (χ3n) is 4.16. The highest BCUT2D eigenvalue weighted by atomic mass is 15.0. The van der Waals surface area contributed by atoms with Gasteiger partial charge in [0.05, 0.1) is 5.69 Å². The molecule has 0 spiro atoms. The third kappa shape index (κ3) is 3.22. The average Bonchev–Trinajstić information content (AvgIpc) is 2.51. The fourth-order valence-electron chi connectivity index (χ4n) is 2.72. The summed E-state index contributed by atoms with van der Waals surface area (Å²) in [6, 6.07) is 6.68. The number of rotatable bonds is 4. The van der Waals surface area contributed by atoms with Gasteiger partial charge in [-0.25, -0.2) is 9.97 Å². The van der Waals surface area contributed by atoms with E-state index in [2.05, 4.69) is 52.6 Å². The fourth-order valence-corrected chi connectivity index (χ4v) is 2.72. The smallest absolute Gasteiger partial charge is 0.132 e. The molecule has 2 heterocycles. The van der Waals surface area contributed by atoms with Gasteiger partial charge in [0, 0.05) is 18.7 Å². The van der Waals surface area contributed by atoms with Crippen LogP contribution in [0.1, 0.15) is 27.9 Å². The molecule has 0 saturated carbocycles.